The Morgan fingerprint density at radius 2 is 1.41 bits per heavy atom. The number of sulfonamides is 1. The molecule has 0 unspecified atom stereocenters. The SMILES string of the molecule is CCOC(=O)c1cc(NS(=O)(=O)CC)cc(C(=O)OCC)c1. The summed E-state index contributed by atoms with van der Waals surface area (Å²) in [5.74, 6) is -1.43. The van der Waals surface area contributed by atoms with Crippen LogP contribution in [0.5, 0.6) is 0 Å². The molecular weight excluding hydrogens is 310 g/mol. The second-order valence-electron chi connectivity index (χ2n) is 4.25. The molecule has 0 amide bonds. The third kappa shape index (κ3) is 5.03. The summed E-state index contributed by atoms with van der Waals surface area (Å²) < 4.78 is 35.3. The highest BCUT2D eigenvalue weighted by Crippen LogP contribution is 2.18. The van der Waals surface area contributed by atoms with Crippen LogP contribution in [-0.4, -0.2) is 39.3 Å². The molecule has 22 heavy (non-hydrogen) atoms. The lowest BCUT2D eigenvalue weighted by Crippen LogP contribution is -2.16. The van der Waals surface area contributed by atoms with Crippen molar-refractivity contribution in [3.05, 3.63) is 29.3 Å². The van der Waals surface area contributed by atoms with Crippen molar-refractivity contribution < 1.29 is 27.5 Å². The van der Waals surface area contributed by atoms with Crippen LogP contribution >= 0.6 is 0 Å². The average Bonchev–Trinajstić information content (AvgIpc) is 2.47. The lowest BCUT2D eigenvalue weighted by Gasteiger charge is -2.11. The van der Waals surface area contributed by atoms with Gasteiger partial charge in [-0.3, -0.25) is 4.72 Å². The van der Waals surface area contributed by atoms with Crippen LogP contribution in [0.2, 0.25) is 0 Å². The number of benzene rings is 1. The molecule has 0 atom stereocenters. The summed E-state index contributed by atoms with van der Waals surface area (Å²) in [5.41, 5.74) is 0.248. The van der Waals surface area contributed by atoms with Gasteiger partial charge in [0.15, 0.2) is 0 Å². The zero-order chi connectivity index (χ0) is 16.8. The maximum absolute atomic E-state index is 11.8. The third-order valence-corrected chi connectivity index (χ3v) is 3.92. The fraction of sp³-hybridized carbons (Fsp3) is 0.429. The van der Waals surface area contributed by atoms with Crippen LogP contribution < -0.4 is 4.72 Å². The van der Waals surface area contributed by atoms with E-state index >= 15 is 0 Å². The minimum atomic E-state index is -3.54. The molecule has 0 saturated carbocycles. The van der Waals surface area contributed by atoms with E-state index in [1.54, 1.807) is 13.8 Å². The van der Waals surface area contributed by atoms with Crippen LogP contribution in [0.25, 0.3) is 0 Å². The van der Waals surface area contributed by atoms with Gasteiger partial charge in [-0.05, 0) is 39.0 Å². The molecule has 0 spiro atoms. The Morgan fingerprint density at radius 1 is 0.955 bits per heavy atom. The number of carbonyl (C=O) groups excluding carboxylic acids is 2. The van der Waals surface area contributed by atoms with Gasteiger partial charge < -0.3 is 9.47 Å². The molecule has 0 saturated heterocycles. The highest BCUT2D eigenvalue weighted by atomic mass is 32.2. The summed E-state index contributed by atoms with van der Waals surface area (Å²) in [4.78, 5) is 23.6. The smallest absolute Gasteiger partial charge is 0.338 e. The summed E-state index contributed by atoms with van der Waals surface area (Å²) in [6.45, 7) is 5.10. The minimum Gasteiger partial charge on any atom is -0.462 e. The molecule has 1 aromatic rings. The molecule has 1 aromatic carbocycles. The average molecular weight is 329 g/mol. The predicted octanol–water partition coefficient (Wildman–Crippen LogP) is 1.80. The van der Waals surface area contributed by atoms with Crippen LogP contribution in [0, 0.1) is 0 Å². The fourth-order valence-corrected chi connectivity index (χ4v) is 2.22. The summed E-state index contributed by atoms with van der Waals surface area (Å²) in [5, 5.41) is 0. The van der Waals surface area contributed by atoms with Crippen LogP contribution in [0.1, 0.15) is 41.5 Å². The standard InChI is InChI=1S/C14H19NO6S/c1-4-20-13(16)10-7-11(14(17)21-5-2)9-12(8-10)15-22(18,19)6-3/h7-9,15H,4-6H2,1-3H3. The molecule has 8 heteroatoms. The van der Waals surface area contributed by atoms with Crippen molar-refractivity contribution in [3.8, 4) is 0 Å². The Balaban J connectivity index is 3.26. The lowest BCUT2D eigenvalue weighted by molar-refractivity contribution is 0.0525. The van der Waals surface area contributed by atoms with E-state index in [1.807, 2.05) is 0 Å². The monoisotopic (exact) mass is 329 g/mol. The van der Waals surface area contributed by atoms with E-state index < -0.39 is 22.0 Å². The second-order valence-corrected chi connectivity index (χ2v) is 6.26. The first-order valence-electron chi connectivity index (χ1n) is 6.82. The predicted molar refractivity (Wildman–Crippen MR) is 81.4 cm³/mol. The van der Waals surface area contributed by atoms with Crippen molar-refractivity contribution in [2.75, 3.05) is 23.7 Å². The zero-order valence-corrected chi connectivity index (χ0v) is 13.5. The van der Waals surface area contributed by atoms with E-state index in [-0.39, 0.29) is 35.8 Å². The third-order valence-electron chi connectivity index (χ3n) is 2.61. The number of esters is 2. The van der Waals surface area contributed by atoms with Crippen molar-refractivity contribution in [1.82, 2.24) is 0 Å². The van der Waals surface area contributed by atoms with Crippen molar-refractivity contribution >= 4 is 27.6 Å². The van der Waals surface area contributed by atoms with Gasteiger partial charge in [-0.15, -0.1) is 0 Å². The molecule has 7 nitrogen and oxygen atoms in total. The summed E-state index contributed by atoms with van der Waals surface area (Å²) >= 11 is 0. The number of hydrogen-bond acceptors (Lipinski definition) is 6. The van der Waals surface area contributed by atoms with E-state index in [4.69, 9.17) is 9.47 Å². The van der Waals surface area contributed by atoms with Crippen LogP contribution in [-0.2, 0) is 19.5 Å². The van der Waals surface area contributed by atoms with Gasteiger partial charge in [-0.1, -0.05) is 0 Å². The number of anilines is 1. The second kappa shape index (κ2) is 7.79. The molecule has 0 fully saturated rings. The number of hydrogen-bond donors (Lipinski definition) is 1. The molecule has 0 aromatic heterocycles. The topological polar surface area (TPSA) is 98.8 Å². The highest BCUT2D eigenvalue weighted by Gasteiger charge is 2.16. The fourth-order valence-electron chi connectivity index (χ4n) is 1.60. The lowest BCUT2D eigenvalue weighted by atomic mass is 10.1. The molecular formula is C14H19NO6S. The van der Waals surface area contributed by atoms with Gasteiger partial charge in [0.1, 0.15) is 0 Å². The molecule has 0 aliphatic carbocycles. The van der Waals surface area contributed by atoms with Gasteiger partial charge >= 0.3 is 11.9 Å². The molecule has 0 bridgehead atoms. The molecule has 0 aliphatic heterocycles. The number of rotatable bonds is 7. The first-order valence-corrected chi connectivity index (χ1v) is 8.48. The van der Waals surface area contributed by atoms with Crippen LogP contribution in [0.15, 0.2) is 18.2 Å². The molecule has 0 heterocycles. The summed E-state index contributed by atoms with van der Waals surface area (Å²) in [6, 6.07) is 3.93. The van der Waals surface area contributed by atoms with E-state index in [9.17, 15) is 18.0 Å². The largest absolute Gasteiger partial charge is 0.462 e. The number of ether oxygens (including phenoxy) is 2. The van der Waals surface area contributed by atoms with Crippen molar-refractivity contribution in [3.63, 3.8) is 0 Å². The van der Waals surface area contributed by atoms with Gasteiger partial charge in [0.05, 0.1) is 35.8 Å². The minimum absolute atomic E-state index is 0.0706. The Kier molecular flexibility index (Phi) is 6.36. The maximum atomic E-state index is 11.8. The Labute approximate surface area is 129 Å². The van der Waals surface area contributed by atoms with Crippen molar-refractivity contribution in [1.29, 1.82) is 0 Å². The van der Waals surface area contributed by atoms with Gasteiger partial charge in [0.2, 0.25) is 10.0 Å². The summed E-state index contributed by atoms with van der Waals surface area (Å²) in [7, 11) is -3.54. The van der Waals surface area contributed by atoms with Gasteiger partial charge in [0.25, 0.3) is 0 Å². The van der Waals surface area contributed by atoms with E-state index in [1.165, 1.54) is 25.1 Å². The van der Waals surface area contributed by atoms with Crippen LogP contribution in [0.4, 0.5) is 5.69 Å². The molecule has 1 rings (SSSR count). The van der Waals surface area contributed by atoms with Crippen molar-refractivity contribution in [2.45, 2.75) is 20.8 Å². The Morgan fingerprint density at radius 3 is 1.77 bits per heavy atom. The van der Waals surface area contributed by atoms with Gasteiger partial charge in [-0.25, -0.2) is 18.0 Å². The van der Waals surface area contributed by atoms with E-state index in [0.29, 0.717) is 0 Å². The first kappa shape index (κ1) is 18.0. The highest BCUT2D eigenvalue weighted by molar-refractivity contribution is 7.92. The molecule has 0 aliphatic rings. The quantitative estimate of drug-likeness (QED) is 0.766. The summed E-state index contributed by atoms with van der Waals surface area (Å²) in [6.07, 6.45) is 0. The van der Waals surface area contributed by atoms with Crippen LogP contribution in [0.3, 0.4) is 0 Å². The molecule has 1 N–H and O–H groups in total. The Bertz CT molecular complexity index is 617. The first-order chi connectivity index (χ1) is 10.3. The van der Waals surface area contributed by atoms with Gasteiger partial charge in [0, 0.05) is 0 Å². The zero-order valence-electron chi connectivity index (χ0n) is 12.7. The normalized spacial score (nSPS) is 10.9. The number of nitrogens with one attached hydrogen (secondary N) is 1. The number of carbonyl (C=O) groups is 2. The van der Waals surface area contributed by atoms with Crippen molar-refractivity contribution in [2.24, 2.45) is 0 Å². The maximum Gasteiger partial charge on any atom is 0.338 e. The Hall–Kier alpha value is -2.09. The molecule has 122 valence electrons. The van der Waals surface area contributed by atoms with E-state index in [0.717, 1.165) is 0 Å². The van der Waals surface area contributed by atoms with Gasteiger partial charge in [-0.2, -0.15) is 0 Å². The molecule has 0 radical (unpaired) electrons. The van der Waals surface area contributed by atoms with E-state index in [2.05, 4.69) is 4.72 Å².